The number of aromatic nitrogens is 4. The van der Waals surface area contributed by atoms with E-state index in [-0.39, 0.29) is 17.1 Å². The Morgan fingerprint density at radius 3 is 1.10 bits per heavy atom. The summed E-state index contributed by atoms with van der Waals surface area (Å²) in [5, 5.41) is 0. The molecular formula is C42H30MnN8+2. The summed E-state index contributed by atoms with van der Waals surface area (Å²) in [4.78, 5) is 30.7. The van der Waals surface area contributed by atoms with E-state index < -0.39 is 0 Å². The third kappa shape index (κ3) is 5.68. The molecule has 9 heteroatoms. The van der Waals surface area contributed by atoms with Crippen LogP contribution in [-0.2, 0) is 31.2 Å². The van der Waals surface area contributed by atoms with E-state index in [2.05, 4.69) is 45.6 Å². The van der Waals surface area contributed by atoms with E-state index in [0.29, 0.717) is 0 Å². The van der Waals surface area contributed by atoms with Gasteiger partial charge in [0.2, 0.25) is 11.4 Å². The van der Waals surface area contributed by atoms with Gasteiger partial charge in [-0.2, -0.15) is 0 Å². The number of fused-ring (bicyclic) bond motifs is 4. The van der Waals surface area contributed by atoms with Crippen LogP contribution in [0.1, 0.15) is 22.8 Å². The number of hydrogen-bond donors (Lipinski definition) is 0. The Morgan fingerprint density at radius 2 is 0.745 bits per heavy atom. The van der Waals surface area contributed by atoms with E-state index in [1.807, 2.05) is 111 Å². The van der Waals surface area contributed by atoms with Gasteiger partial charge in [-0.15, -0.1) is 0 Å². The first-order chi connectivity index (χ1) is 24.6. The van der Waals surface area contributed by atoms with Crippen molar-refractivity contribution in [3.63, 3.8) is 0 Å². The minimum absolute atomic E-state index is 0. The van der Waals surface area contributed by atoms with Crippen LogP contribution in [0.4, 0.5) is 0 Å². The zero-order valence-electron chi connectivity index (χ0n) is 27.8. The van der Waals surface area contributed by atoms with Crippen molar-refractivity contribution in [1.29, 1.82) is 0 Å². The average Bonchev–Trinajstić information content (AvgIpc) is 3.98. The minimum Gasteiger partial charge on any atom is -0.256 e. The van der Waals surface area contributed by atoms with Crippen molar-refractivity contribution in [2.45, 2.75) is 0 Å². The molecule has 0 spiro atoms. The van der Waals surface area contributed by atoms with Gasteiger partial charge in [0.25, 0.3) is 0 Å². The maximum Gasteiger partial charge on any atom is 0.216 e. The van der Waals surface area contributed by atoms with E-state index in [1.165, 1.54) is 0 Å². The molecule has 9 heterocycles. The van der Waals surface area contributed by atoms with Crippen LogP contribution in [0.2, 0.25) is 0 Å². The van der Waals surface area contributed by atoms with Crippen molar-refractivity contribution < 1.29 is 26.2 Å². The van der Waals surface area contributed by atoms with Gasteiger partial charge in [0.05, 0.1) is 79.3 Å². The summed E-state index contributed by atoms with van der Waals surface area (Å²) in [6.07, 6.45) is 24.1. The van der Waals surface area contributed by atoms with Crippen LogP contribution in [0.3, 0.4) is 0 Å². The van der Waals surface area contributed by atoms with Gasteiger partial charge >= 0.3 is 0 Å². The standard InChI is InChI=1S/C42H30N8.Mn/c1-49-25-9-5-13-37(49)41-33-19-17-31(46-33)39(27-11-3-7-23-43-27)29-15-16-30(45-29)40(28-12-4-8-24-44-28)32-18-20-34(47-32)42(36-22-21-35(41)48-36)38-14-6-10-26-50(38)2;/h3-26H,1-2H3;/q+2;. The van der Waals surface area contributed by atoms with Gasteiger partial charge in [0.15, 0.2) is 12.4 Å². The Labute approximate surface area is 306 Å². The molecule has 243 valence electrons. The summed E-state index contributed by atoms with van der Waals surface area (Å²) in [5.41, 5.74) is 13.4. The van der Waals surface area contributed by atoms with Gasteiger partial charge in [-0.3, -0.25) is 9.97 Å². The normalized spacial score (nSPS) is 17.3. The fourth-order valence-corrected chi connectivity index (χ4v) is 6.72. The quantitative estimate of drug-likeness (QED) is 0.190. The number of aryl methyl sites for hydroxylation is 2. The molecule has 0 fully saturated rings. The molecule has 0 saturated carbocycles. The fraction of sp³-hybridized carbons (Fsp3) is 0.0476. The molecule has 8 nitrogen and oxygen atoms in total. The molecule has 0 saturated heterocycles. The van der Waals surface area contributed by atoms with Gasteiger partial charge in [0, 0.05) is 53.7 Å². The van der Waals surface area contributed by atoms with E-state index >= 15 is 0 Å². The molecule has 9 rings (SSSR count). The van der Waals surface area contributed by atoms with Crippen LogP contribution >= 0.6 is 0 Å². The second-order valence-electron chi connectivity index (χ2n) is 12.2. The molecule has 4 aromatic heterocycles. The molecule has 8 bridgehead atoms. The summed E-state index contributed by atoms with van der Waals surface area (Å²) < 4.78 is 4.21. The Morgan fingerprint density at radius 1 is 0.392 bits per heavy atom. The molecule has 0 atom stereocenters. The van der Waals surface area contributed by atoms with Gasteiger partial charge < -0.3 is 0 Å². The number of nitrogens with zero attached hydrogens (tertiary/aromatic N) is 8. The molecule has 0 aromatic carbocycles. The fourth-order valence-electron chi connectivity index (χ4n) is 6.72. The third-order valence-electron chi connectivity index (χ3n) is 9.07. The number of pyridine rings is 4. The Bertz CT molecular complexity index is 2440. The van der Waals surface area contributed by atoms with Crippen LogP contribution < -0.4 is 9.13 Å². The number of aliphatic imine (C=N–C) groups is 4. The molecule has 0 unspecified atom stereocenters. The van der Waals surface area contributed by atoms with E-state index in [1.54, 1.807) is 12.4 Å². The molecule has 5 aliphatic heterocycles. The van der Waals surface area contributed by atoms with E-state index in [9.17, 15) is 0 Å². The monoisotopic (exact) mass is 701 g/mol. The van der Waals surface area contributed by atoms with Crippen molar-refractivity contribution in [3.8, 4) is 0 Å². The van der Waals surface area contributed by atoms with Gasteiger partial charge in [0.1, 0.15) is 14.1 Å². The van der Waals surface area contributed by atoms with Crippen LogP contribution in [0.5, 0.6) is 0 Å². The predicted octanol–water partition coefficient (Wildman–Crippen LogP) is 6.12. The largest absolute Gasteiger partial charge is 0.256 e. The van der Waals surface area contributed by atoms with Gasteiger partial charge in [-0.05, 0) is 85.0 Å². The Hall–Kier alpha value is -6.28. The van der Waals surface area contributed by atoms with Crippen molar-refractivity contribution in [2.75, 3.05) is 0 Å². The van der Waals surface area contributed by atoms with Crippen molar-refractivity contribution >= 4 is 45.1 Å². The first kappa shape index (κ1) is 32.0. The maximum atomic E-state index is 5.34. The van der Waals surface area contributed by atoms with Crippen LogP contribution in [0, 0.1) is 0 Å². The van der Waals surface area contributed by atoms with Gasteiger partial charge in [-0.1, -0.05) is 12.1 Å². The average molecular weight is 702 g/mol. The zero-order valence-corrected chi connectivity index (χ0v) is 29.0. The first-order valence-corrected chi connectivity index (χ1v) is 16.4. The second-order valence-corrected chi connectivity index (χ2v) is 12.2. The Balaban J connectivity index is 0.00000374. The maximum absolute atomic E-state index is 5.34. The molecule has 1 radical (unpaired) electrons. The van der Waals surface area contributed by atoms with Crippen molar-refractivity contribution in [2.24, 2.45) is 34.1 Å². The molecule has 0 aliphatic carbocycles. The van der Waals surface area contributed by atoms with Crippen LogP contribution in [0.25, 0.3) is 22.3 Å². The van der Waals surface area contributed by atoms with E-state index in [0.717, 1.165) is 90.7 Å². The zero-order chi connectivity index (χ0) is 33.6. The van der Waals surface area contributed by atoms with Crippen molar-refractivity contribution in [1.82, 2.24) is 9.97 Å². The molecule has 5 aliphatic rings. The molecular weight excluding hydrogens is 671 g/mol. The molecule has 4 aromatic rings. The molecule has 51 heavy (non-hydrogen) atoms. The summed E-state index contributed by atoms with van der Waals surface area (Å²) in [7, 11) is 4.09. The summed E-state index contributed by atoms with van der Waals surface area (Å²) in [5.74, 6) is 0. The number of allylic oxidation sites excluding steroid dienone is 12. The third-order valence-corrected chi connectivity index (χ3v) is 9.07. The molecule has 0 N–H and O–H groups in total. The van der Waals surface area contributed by atoms with Crippen molar-refractivity contribution in [3.05, 3.63) is 192 Å². The summed E-state index contributed by atoms with van der Waals surface area (Å²) in [6, 6.07) is 24.1. The van der Waals surface area contributed by atoms with E-state index in [4.69, 9.17) is 29.9 Å². The topological polar surface area (TPSA) is 83.0 Å². The van der Waals surface area contributed by atoms with Crippen LogP contribution in [-0.4, -0.2) is 32.8 Å². The first-order valence-electron chi connectivity index (χ1n) is 16.4. The Kier molecular flexibility index (Phi) is 8.28. The summed E-state index contributed by atoms with van der Waals surface area (Å²) >= 11 is 0. The SMILES string of the molecule is C[n+]1ccccc1C1=C2C=CC(=N2)C(c2ccccn2)=C2C=CC(=N2)C(c2ccccn2)=C2C=CC(=N2)C(c2cccc[n+]2C)=C2C=CC1=N2.[Mn]. The summed E-state index contributed by atoms with van der Waals surface area (Å²) in [6.45, 7) is 0. The predicted molar refractivity (Wildman–Crippen MR) is 198 cm³/mol. The number of hydrogen-bond acceptors (Lipinski definition) is 6. The van der Waals surface area contributed by atoms with Crippen LogP contribution in [0.15, 0.2) is 189 Å². The number of rotatable bonds is 4. The second kappa shape index (κ2) is 13.2. The molecule has 0 amide bonds. The van der Waals surface area contributed by atoms with Gasteiger partial charge in [-0.25, -0.2) is 29.1 Å². The minimum atomic E-state index is 0. The smallest absolute Gasteiger partial charge is 0.216 e.